The van der Waals surface area contributed by atoms with Gasteiger partial charge in [-0.05, 0) is 0 Å². The van der Waals surface area contributed by atoms with Crippen molar-refractivity contribution in [2.45, 2.75) is 19.3 Å². The first-order chi connectivity index (χ1) is 9.81. The number of benzene rings is 2. The molecule has 2 aromatic carbocycles. The molecule has 0 heterocycles. The molecule has 21 heavy (non-hydrogen) atoms. The van der Waals surface area contributed by atoms with Gasteiger partial charge in [0.1, 0.15) is 0 Å². The maximum absolute atomic E-state index is 13.8. The van der Waals surface area contributed by atoms with Crippen LogP contribution in [0.3, 0.4) is 0 Å². The van der Waals surface area contributed by atoms with E-state index in [4.69, 9.17) is 21.1 Å². The van der Waals surface area contributed by atoms with Gasteiger partial charge in [-0.1, -0.05) is 0 Å². The second-order valence-corrected chi connectivity index (χ2v) is 22.3. The Hall–Kier alpha value is -0.521. The molecule has 0 radical (unpaired) electrons. The molecule has 2 aromatic rings. The van der Waals surface area contributed by atoms with Gasteiger partial charge in [0.25, 0.3) is 0 Å². The van der Waals surface area contributed by atoms with E-state index in [1.165, 1.54) is 6.07 Å². The summed E-state index contributed by atoms with van der Waals surface area (Å²) in [5, 5.41) is 1.92. The van der Waals surface area contributed by atoms with E-state index in [0.29, 0.717) is 0 Å². The van der Waals surface area contributed by atoms with Crippen molar-refractivity contribution in [3.8, 4) is 5.75 Å². The van der Waals surface area contributed by atoms with Gasteiger partial charge in [0.15, 0.2) is 0 Å². The molecule has 5 heteroatoms. The van der Waals surface area contributed by atoms with E-state index in [2.05, 4.69) is 14.8 Å². The maximum atomic E-state index is 13.8. The molecule has 0 aliphatic rings. The number of fused-ring (bicyclic) bond motifs is 1. The van der Waals surface area contributed by atoms with Crippen LogP contribution in [0.4, 0.5) is 4.39 Å². The molecule has 0 bridgehead atoms. The van der Waals surface area contributed by atoms with Crippen molar-refractivity contribution in [2.24, 2.45) is 0 Å². The molecule has 2 nitrogen and oxygen atoms in total. The van der Waals surface area contributed by atoms with Crippen molar-refractivity contribution < 1.29 is 13.9 Å². The Balaban J connectivity index is 2.61. The fourth-order valence-electron chi connectivity index (χ4n) is 2.37. The Morgan fingerprint density at radius 1 is 1.19 bits per heavy atom. The molecular weight excluding hydrogens is 397 g/mol. The van der Waals surface area contributed by atoms with Crippen LogP contribution >= 0.6 is 11.6 Å². The van der Waals surface area contributed by atoms with E-state index in [0.717, 1.165) is 26.5 Å². The molecule has 114 valence electrons. The van der Waals surface area contributed by atoms with Gasteiger partial charge in [-0.2, -0.15) is 0 Å². The molecule has 0 aliphatic heterocycles. The molecule has 0 amide bonds. The molecule has 0 saturated heterocycles. The molecule has 0 aliphatic carbocycles. The molecule has 0 spiro atoms. The van der Waals surface area contributed by atoms with E-state index in [-0.39, 0.29) is 17.6 Å². The van der Waals surface area contributed by atoms with Gasteiger partial charge in [0.2, 0.25) is 0 Å². The van der Waals surface area contributed by atoms with Crippen LogP contribution in [0.2, 0.25) is 19.8 Å². The Kier molecular flexibility index (Phi) is 5.38. The minimum absolute atomic E-state index is 0.193. The van der Waals surface area contributed by atoms with E-state index in [9.17, 15) is 4.39 Å². The second kappa shape index (κ2) is 6.71. The zero-order valence-electron chi connectivity index (χ0n) is 12.8. The molecule has 0 unspecified atom stereocenters. The number of ether oxygens (including phenoxy) is 2. The summed E-state index contributed by atoms with van der Waals surface area (Å²) in [6.45, 7) is 0.193. The third kappa shape index (κ3) is 4.24. The van der Waals surface area contributed by atoms with Crippen molar-refractivity contribution in [1.82, 2.24) is 0 Å². The molecule has 0 fully saturated rings. The average Bonchev–Trinajstić information content (AvgIpc) is 2.38. The van der Waals surface area contributed by atoms with Gasteiger partial charge < -0.3 is 0 Å². The van der Waals surface area contributed by atoms with E-state index >= 15 is 0 Å². The molecule has 0 saturated carbocycles. The number of rotatable bonds is 5. The van der Waals surface area contributed by atoms with Crippen molar-refractivity contribution in [1.29, 1.82) is 0 Å². The van der Waals surface area contributed by atoms with Gasteiger partial charge in [-0.15, -0.1) is 0 Å². The fourth-order valence-corrected chi connectivity index (χ4v) is 6.72. The van der Waals surface area contributed by atoms with Gasteiger partial charge in [-0.25, -0.2) is 0 Å². The number of halogens is 2. The summed E-state index contributed by atoms with van der Waals surface area (Å²) in [5.74, 6) is 0.359. The molecule has 0 aromatic heterocycles. The van der Waals surface area contributed by atoms with Crippen LogP contribution in [0, 0.1) is 5.82 Å². The first-order valence-corrected chi connectivity index (χ1v) is 17.8. The monoisotopic (exact) mass is 418 g/mol. The zero-order chi connectivity index (χ0) is 15.6. The summed E-state index contributed by atoms with van der Waals surface area (Å²) in [5.41, 5.74) is 1.08. The van der Waals surface area contributed by atoms with Crippen molar-refractivity contribution in [3.63, 3.8) is 0 Å². The van der Waals surface area contributed by atoms with Crippen LogP contribution in [0.5, 0.6) is 5.75 Å². The summed E-state index contributed by atoms with van der Waals surface area (Å²) in [4.78, 5) is 7.03. The Bertz CT molecular complexity index is 653. The third-order valence-corrected chi connectivity index (χ3v) is 7.61. The van der Waals surface area contributed by atoms with Crippen LogP contribution in [-0.2, 0) is 9.17 Å². The van der Waals surface area contributed by atoms with Crippen molar-refractivity contribution in [3.05, 3.63) is 40.7 Å². The Labute approximate surface area is 134 Å². The van der Waals surface area contributed by atoms with E-state index < -0.39 is 18.4 Å². The number of methoxy groups -OCH3 is 1. The van der Waals surface area contributed by atoms with Gasteiger partial charge in [-0.3, -0.25) is 0 Å². The summed E-state index contributed by atoms with van der Waals surface area (Å²) < 4.78 is 25.3. The SMILES string of the molecule is COCOc1cc([CH2][Sn]([CH3])([CH3])[CH3])c2c(Cl)c(F)ccc2c1. The van der Waals surface area contributed by atoms with Crippen LogP contribution in [0.15, 0.2) is 24.3 Å². The van der Waals surface area contributed by atoms with Crippen LogP contribution in [-0.4, -0.2) is 32.3 Å². The van der Waals surface area contributed by atoms with Gasteiger partial charge in [0.05, 0.1) is 0 Å². The summed E-state index contributed by atoms with van der Waals surface area (Å²) in [6, 6.07) is 6.99. The minimum atomic E-state index is -2.11. The predicted octanol–water partition coefficient (Wildman–Crippen LogP) is 5.03. The summed E-state index contributed by atoms with van der Waals surface area (Å²) >= 11 is 4.09. The van der Waals surface area contributed by atoms with Gasteiger partial charge >= 0.3 is 134 Å². The number of hydrogen-bond donors (Lipinski definition) is 0. The normalized spacial score (nSPS) is 11.9. The molecule has 2 rings (SSSR count). The third-order valence-electron chi connectivity index (χ3n) is 3.13. The first kappa shape index (κ1) is 16.8. The topological polar surface area (TPSA) is 18.5 Å². The Morgan fingerprint density at radius 2 is 1.90 bits per heavy atom. The van der Waals surface area contributed by atoms with Crippen molar-refractivity contribution >= 4 is 40.8 Å². The van der Waals surface area contributed by atoms with Crippen LogP contribution in [0.25, 0.3) is 10.8 Å². The predicted molar refractivity (Wildman–Crippen MR) is 88.5 cm³/mol. The summed E-state index contributed by atoms with van der Waals surface area (Å²) in [7, 11) is 1.58. The molecular formula is C16H20ClFO2Sn. The van der Waals surface area contributed by atoms with Crippen LogP contribution < -0.4 is 4.74 Å². The zero-order valence-corrected chi connectivity index (χ0v) is 16.4. The first-order valence-electron chi connectivity index (χ1n) is 6.84. The average molecular weight is 417 g/mol. The summed E-state index contributed by atoms with van der Waals surface area (Å²) in [6.07, 6.45) is 0. The molecule has 0 atom stereocenters. The van der Waals surface area contributed by atoms with Crippen molar-refractivity contribution in [2.75, 3.05) is 13.9 Å². The quantitative estimate of drug-likeness (QED) is 0.502. The van der Waals surface area contributed by atoms with Crippen LogP contribution in [0.1, 0.15) is 5.56 Å². The second-order valence-electron chi connectivity index (χ2n) is 6.33. The van der Waals surface area contributed by atoms with E-state index in [1.54, 1.807) is 13.2 Å². The Morgan fingerprint density at radius 3 is 2.52 bits per heavy atom. The fraction of sp³-hybridized carbons (Fsp3) is 0.375. The van der Waals surface area contributed by atoms with Gasteiger partial charge in [0, 0.05) is 0 Å². The standard InChI is InChI=1S/C13H11ClFO2.3CH3.Sn/c1-8-5-10(17-7-16-2)6-9-3-4-11(15)13(14)12(8)9;;;;/h3-6H,1,7H2,2H3;3*1H3;. The van der Waals surface area contributed by atoms with E-state index in [1.807, 2.05) is 12.1 Å². The molecule has 0 N–H and O–H groups in total. The number of hydrogen-bond acceptors (Lipinski definition) is 2.